The van der Waals surface area contributed by atoms with Crippen LogP contribution in [0.15, 0.2) is 77.3 Å². The zero-order chi connectivity index (χ0) is 25.0. The lowest BCUT2D eigenvalue weighted by Gasteiger charge is -2.51. The number of amides is 2. The van der Waals surface area contributed by atoms with E-state index in [2.05, 4.69) is 39.1 Å². The van der Waals surface area contributed by atoms with E-state index in [-0.39, 0.29) is 36.6 Å². The van der Waals surface area contributed by atoms with E-state index >= 15 is 0 Å². The van der Waals surface area contributed by atoms with Crippen LogP contribution in [-0.2, 0) is 21.5 Å². The van der Waals surface area contributed by atoms with Gasteiger partial charge in [0, 0.05) is 34.4 Å². The molecule has 4 aromatic rings. The Balaban J connectivity index is 1.44. The van der Waals surface area contributed by atoms with Crippen molar-refractivity contribution in [2.24, 2.45) is 0 Å². The van der Waals surface area contributed by atoms with Gasteiger partial charge in [-0.15, -0.1) is 0 Å². The molecule has 3 aromatic carbocycles. The summed E-state index contributed by atoms with van der Waals surface area (Å²) >= 11 is 3.51. The number of carbonyl (C=O) groups excluding carboxylic acids is 2. The molecule has 0 spiro atoms. The van der Waals surface area contributed by atoms with E-state index in [4.69, 9.17) is 0 Å². The van der Waals surface area contributed by atoms with Crippen molar-refractivity contribution in [2.45, 2.75) is 24.8 Å². The van der Waals surface area contributed by atoms with Gasteiger partial charge in [0.2, 0.25) is 5.91 Å². The molecule has 1 saturated heterocycles. The largest absolute Gasteiger partial charge is 0.356 e. The topological polar surface area (TPSA) is 56.4 Å². The molecule has 1 fully saturated rings. The van der Waals surface area contributed by atoms with Gasteiger partial charge in [0.05, 0.1) is 12.2 Å². The van der Waals surface area contributed by atoms with Crippen LogP contribution in [0.1, 0.15) is 35.2 Å². The van der Waals surface area contributed by atoms with Gasteiger partial charge in [-0.3, -0.25) is 9.59 Å². The monoisotopic (exact) mass is 545 g/mol. The molecular weight excluding hydrogens is 521 g/mol. The van der Waals surface area contributed by atoms with Crippen molar-refractivity contribution in [1.82, 2.24) is 14.8 Å². The predicted octanol–water partition coefficient (Wildman–Crippen LogP) is 5.34. The summed E-state index contributed by atoms with van der Waals surface area (Å²) in [6.45, 7) is 2.53. The van der Waals surface area contributed by atoms with Crippen LogP contribution in [0.2, 0.25) is 0 Å². The highest BCUT2D eigenvalue weighted by Crippen LogP contribution is 2.48. The molecule has 0 bridgehead atoms. The summed E-state index contributed by atoms with van der Waals surface area (Å²) < 4.78 is 15.2. The van der Waals surface area contributed by atoms with Crippen LogP contribution in [0.4, 0.5) is 4.39 Å². The predicted molar refractivity (Wildman–Crippen MR) is 140 cm³/mol. The summed E-state index contributed by atoms with van der Waals surface area (Å²) in [6, 6.07) is 22.8. The first-order valence-electron chi connectivity index (χ1n) is 12.1. The number of halogens is 2. The number of benzene rings is 3. The van der Waals surface area contributed by atoms with Gasteiger partial charge in [0.25, 0.3) is 5.91 Å². The van der Waals surface area contributed by atoms with Gasteiger partial charge < -0.3 is 14.8 Å². The third kappa shape index (κ3) is 3.48. The number of para-hydroxylation sites is 1. The number of piperazine rings is 1. The summed E-state index contributed by atoms with van der Waals surface area (Å²) in [5.74, 6) is -0.606. The van der Waals surface area contributed by atoms with E-state index in [1.54, 1.807) is 28.0 Å². The molecule has 7 heteroatoms. The molecular formula is C29H25BrFN3O2. The smallest absolute Gasteiger partial charge is 0.254 e. The maximum absolute atomic E-state index is 14.2. The molecule has 0 radical (unpaired) electrons. The van der Waals surface area contributed by atoms with Gasteiger partial charge in [-0.05, 0) is 54.3 Å². The third-order valence-corrected chi connectivity index (χ3v) is 8.23. The minimum atomic E-state index is -1.16. The number of carbonyl (C=O) groups is 2. The van der Waals surface area contributed by atoms with E-state index in [1.807, 2.05) is 37.3 Å². The van der Waals surface area contributed by atoms with Gasteiger partial charge in [0.15, 0.2) is 5.54 Å². The Bertz CT molecular complexity index is 1500. The Hall–Kier alpha value is -3.45. The number of aromatic amines is 1. The van der Waals surface area contributed by atoms with Crippen molar-refractivity contribution in [2.75, 3.05) is 19.6 Å². The zero-order valence-corrected chi connectivity index (χ0v) is 21.4. The van der Waals surface area contributed by atoms with Crippen LogP contribution in [0.3, 0.4) is 0 Å². The molecule has 36 heavy (non-hydrogen) atoms. The third-order valence-electron chi connectivity index (χ3n) is 7.70. The van der Waals surface area contributed by atoms with Crippen molar-refractivity contribution in [1.29, 1.82) is 0 Å². The lowest BCUT2D eigenvalue weighted by atomic mass is 9.76. The molecule has 182 valence electrons. The van der Waals surface area contributed by atoms with E-state index in [9.17, 15) is 14.0 Å². The number of nitrogens with zero attached hydrogens (tertiary/aromatic N) is 2. The lowest BCUT2D eigenvalue weighted by Crippen LogP contribution is -2.67. The highest BCUT2D eigenvalue weighted by atomic mass is 79.9. The van der Waals surface area contributed by atoms with E-state index in [0.29, 0.717) is 18.5 Å². The second-order valence-corrected chi connectivity index (χ2v) is 10.6. The van der Waals surface area contributed by atoms with Crippen molar-refractivity contribution in [3.8, 4) is 0 Å². The van der Waals surface area contributed by atoms with Crippen LogP contribution >= 0.6 is 15.9 Å². The fourth-order valence-corrected chi connectivity index (χ4v) is 6.07. The molecule has 6 rings (SSSR count). The second-order valence-electron chi connectivity index (χ2n) is 9.71. The highest BCUT2D eigenvalue weighted by Gasteiger charge is 2.56. The number of fused-ring (bicyclic) bond motifs is 5. The Morgan fingerprint density at radius 1 is 1.03 bits per heavy atom. The van der Waals surface area contributed by atoms with Crippen LogP contribution in [0.5, 0.6) is 0 Å². The average molecular weight is 546 g/mol. The van der Waals surface area contributed by atoms with Crippen LogP contribution in [-0.4, -0.2) is 46.2 Å². The molecule has 2 atom stereocenters. The maximum Gasteiger partial charge on any atom is 0.254 e. The summed E-state index contributed by atoms with van der Waals surface area (Å²) in [5.41, 5.74) is 3.23. The van der Waals surface area contributed by atoms with Crippen LogP contribution in [0, 0.1) is 5.82 Å². The van der Waals surface area contributed by atoms with Gasteiger partial charge in [-0.1, -0.05) is 64.5 Å². The summed E-state index contributed by atoms with van der Waals surface area (Å²) in [5, 5.41) is 1.06. The maximum atomic E-state index is 14.2. The molecule has 3 heterocycles. The van der Waals surface area contributed by atoms with Gasteiger partial charge in [-0.25, -0.2) is 4.39 Å². The molecule has 5 nitrogen and oxygen atoms in total. The van der Waals surface area contributed by atoms with Gasteiger partial charge >= 0.3 is 0 Å². The highest BCUT2D eigenvalue weighted by molar-refractivity contribution is 9.10. The lowest BCUT2D eigenvalue weighted by molar-refractivity contribution is -0.166. The van der Waals surface area contributed by atoms with Gasteiger partial charge in [-0.2, -0.15) is 0 Å². The Labute approximate surface area is 217 Å². The summed E-state index contributed by atoms with van der Waals surface area (Å²) in [7, 11) is 0. The Morgan fingerprint density at radius 2 is 1.75 bits per heavy atom. The first kappa shape index (κ1) is 23.0. The van der Waals surface area contributed by atoms with Crippen molar-refractivity contribution >= 4 is 38.6 Å². The molecule has 0 saturated carbocycles. The first-order valence-corrected chi connectivity index (χ1v) is 12.9. The molecule has 0 aliphatic carbocycles. The number of hydrogen-bond donors (Lipinski definition) is 1. The first-order chi connectivity index (χ1) is 17.4. The molecule has 2 aliphatic heterocycles. The average Bonchev–Trinajstić information content (AvgIpc) is 3.28. The number of rotatable bonds is 4. The Morgan fingerprint density at radius 3 is 2.53 bits per heavy atom. The van der Waals surface area contributed by atoms with E-state index < -0.39 is 5.54 Å². The minimum Gasteiger partial charge on any atom is -0.356 e. The fraction of sp³-hybridized carbons (Fsp3) is 0.241. The number of hydrogen-bond acceptors (Lipinski definition) is 2. The number of nitrogens with one attached hydrogen (secondary N) is 1. The van der Waals surface area contributed by atoms with Crippen molar-refractivity contribution < 1.29 is 14.0 Å². The fourth-order valence-electron chi connectivity index (χ4n) is 5.81. The van der Waals surface area contributed by atoms with Crippen LogP contribution in [0.25, 0.3) is 10.9 Å². The SMILES string of the molecule is CC12C(=O)N(CCc3ccccc3F)CC(=O)N1CC(c1ccc(Br)cc1)c1c2[nH]c2ccccc12. The van der Waals surface area contributed by atoms with E-state index in [1.165, 1.54) is 6.07 Å². The van der Waals surface area contributed by atoms with E-state index in [0.717, 1.165) is 32.2 Å². The standard InChI is InChI=1S/C29H25BrFN3O2/c1-29-27-26(21-7-3-5-9-24(21)32-27)22(18-10-12-20(30)13-11-18)16-34(29)25(35)17-33(28(29)36)15-14-19-6-2-4-8-23(19)31/h2-13,22,32H,14-17H2,1H3. The Kier molecular flexibility index (Phi) is 5.48. The number of H-pyrrole nitrogens is 1. The second kappa shape index (κ2) is 8.59. The molecule has 1 N–H and O–H groups in total. The van der Waals surface area contributed by atoms with Crippen molar-refractivity contribution in [3.63, 3.8) is 0 Å². The zero-order valence-electron chi connectivity index (χ0n) is 19.8. The summed E-state index contributed by atoms with van der Waals surface area (Å²) in [4.78, 5) is 34.5. The minimum absolute atomic E-state index is 0.00844. The van der Waals surface area contributed by atoms with Gasteiger partial charge in [0.1, 0.15) is 5.82 Å². The quantitative estimate of drug-likeness (QED) is 0.376. The molecule has 2 unspecified atom stereocenters. The van der Waals surface area contributed by atoms with Crippen LogP contribution < -0.4 is 0 Å². The molecule has 2 amide bonds. The molecule has 2 aliphatic rings. The number of aromatic nitrogens is 1. The normalized spacial score (nSPS) is 21.6. The summed E-state index contributed by atoms with van der Waals surface area (Å²) in [6.07, 6.45) is 0.350. The van der Waals surface area contributed by atoms with Crippen molar-refractivity contribution in [3.05, 3.63) is 105 Å². The molecule has 1 aromatic heterocycles.